The lowest BCUT2D eigenvalue weighted by Crippen LogP contribution is -2.55. The fraction of sp³-hybridized carbons (Fsp3) is 0.391. The van der Waals surface area contributed by atoms with E-state index in [2.05, 4.69) is 33.0 Å². The lowest BCUT2D eigenvalue weighted by Gasteiger charge is -2.40. The van der Waals surface area contributed by atoms with Crippen LogP contribution in [0.5, 0.6) is 0 Å². The highest BCUT2D eigenvalue weighted by Crippen LogP contribution is 2.35. The molecule has 2 aromatic carbocycles. The zero-order chi connectivity index (χ0) is 20.1. The van der Waals surface area contributed by atoms with Gasteiger partial charge >= 0.3 is 5.97 Å². The number of halogens is 1. The number of rotatable bonds is 6. The number of carbonyl (C=O) groups is 2. The van der Waals surface area contributed by atoms with E-state index < -0.39 is 11.4 Å². The molecule has 0 aliphatic carbocycles. The summed E-state index contributed by atoms with van der Waals surface area (Å²) in [5.41, 5.74) is 2.09. The second kappa shape index (κ2) is 9.01. The van der Waals surface area contributed by atoms with Crippen molar-refractivity contribution in [3.8, 4) is 0 Å². The Balaban J connectivity index is 1.91. The molecule has 0 aromatic heterocycles. The minimum absolute atomic E-state index is 0.0252. The average molecular weight is 444 g/mol. The standard InChI is InChI=1S/C23H26BrNO3/c1-3-28-22(27)23(14-19-10-9-17(2)13-20(19)24)16-25(12-11-21(23)26)15-18-7-5-4-6-8-18/h4-10,13H,3,11-12,14-16H2,1-2H3. The monoisotopic (exact) mass is 443 g/mol. The topological polar surface area (TPSA) is 46.6 Å². The molecule has 5 heteroatoms. The zero-order valence-electron chi connectivity index (χ0n) is 16.4. The van der Waals surface area contributed by atoms with Gasteiger partial charge in [-0.25, -0.2) is 0 Å². The van der Waals surface area contributed by atoms with Gasteiger partial charge in [0.15, 0.2) is 5.78 Å². The highest BCUT2D eigenvalue weighted by atomic mass is 79.9. The summed E-state index contributed by atoms with van der Waals surface area (Å²) < 4.78 is 6.31. The molecule has 0 N–H and O–H groups in total. The number of ketones is 1. The van der Waals surface area contributed by atoms with Crippen molar-refractivity contribution in [3.05, 3.63) is 69.7 Å². The molecule has 0 spiro atoms. The van der Waals surface area contributed by atoms with Crippen LogP contribution in [0.25, 0.3) is 0 Å². The van der Waals surface area contributed by atoms with E-state index in [0.29, 0.717) is 32.5 Å². The minimum atomic E-state index is -1.17. The maximum absolute atomic E-state index is 13.1. The molecular formula is C23H26BrNO3. The van der Waals surface area contributed by atoms with Gasteiger partial charge < -0.3 is 4.74 Å². The highest BCUT2D eigenvalue weighted by Gasteiger charge is 2.50. The summed E-state index contributed by atoms with van der Waals surface area (Å²) in [4.78, 5) is 28.3. The smallest absolute Gasteiger partial charge is 0.321 e. The molecule has 4 nitrogen and oxygen atoms in total. The molecule has 0 amide bonds. The normalized spacial score (nSPS) is 20.2. The zero-order valence-corrected chi connectivity index (χ0v) is 18.0. The molecule has 0 bridgehead atoms. The number of hydrogen-bond acceptors (Lipinski definition) is 4. The van der Waals surface area contributed by atoms with Crippen LogP contribution in [0.1, 0.15) is 30.0 Å². The summed E-state index contributed by atoms with van der Waals surface area (Å²) >= 11 is 3.60. The second-order valence-corrected chi connectivity index (χ2v) is 8.30. The number of esters is 1. The molecule has 0 radical (unpaired) electrons. The van der Waals surface area contributed by atoms with Crippen LogP contribution >= 0.6 is 15.9 Å². The minimum Gasteiger partial charge on any atom is -0.465 e. The highest BCUT2D eigenvalue weighted by molar-refractivity contribution is 9.10. The largest absolute Gasteiger partial charge is 0.465 e. The Morgan fingerprint density at radius 3 is 2.64 bits per heavy atom. The number of likely N-dealkylation sites (tertiary alicyclic amines) is 1. The van der Waals surface area contributed by atoms with Gasteiger partial charge in [0.05, 0.1) is 6.61 Å². The predicted molar refractivity (Wildman–Crippen MR) is 113 cm³/mol. The molecule has 1 fully saturated rings. The number of carbonyl (C=O) groups excluding carboxylic acids is 2. The molecule has 1 unspecified atom stereocenters. The van der Waals surface area contributed by atoms with Crippen LogP contribution in [0, 0.1) is 12.3 Å². The van der Waals surface area contributed by atoms with Crippen LogP contribution in [-0.4, -0.2) is 36.3 Å². The lowest BCUT2D eigenvalue weighted by molar-refractivity contribution is -0.164. The Morgan fingerprint density at radius 1 is 1.21 bits per heavy atom. The number of piperidine rings is 1. The van der Waals surface area contributed by atoms with Crippen molar-refractivity contribution in [2.45, 2.75) is 33.2 Å². The van der Waals surface area contributed by atoms with E-state index in [9.17, 15) is 9.59 Å². The van der Waals surface area contributed by atoms with Crippen molar-refractivity contribution >= 4 is 27.7 Å². The Morgan fingerprint density at radius 2 is 1.96 bits per heavy atom. The first kappa shape index (κ1) is 20.7. The summed E-state index contributed by atoms with van der Waals surface area (Å²) in [6.07, 6.45) is 0.700. The summed E-state index contributed by atoms with van der Waals surface area (Å²) in [6, 6.07) is 16.2. The number of benzene rings is 2. The van der Waals surface area contributed by atoms with Crippen molar-refractivity contribution in [3.63, 3.8) is 0 Å². The first-order chi connectivity index (χ1) is 13.4. The van der Waals surface area contributed by atoms with Gasteiger partial charge in [0.2, 0.25) is 0 Å². The van der Waals surface area contributed by atoms with Crippen molar-refractivity contribution in [1.82, 2.24) is 4.90 Å². The van der Waals surface area contributed by atoms with Crippen LogP contribution in [-0.2, 0) is 27.3 Å². The van der Waals surface area contributed by atoms with Crippen molar-refractivity contribution in [2.24, 2.45) is 5.41 Å². The first-order valence-electron chi connectivity index (χ1n) is 9.66. The van der Waals surface area contributed by atoms with Crippen molar-refractivity contribution < 1.29 is 14.3 Å². The van der Waals surface area contributed by atoms with Gasteiger partial charge in [-0.2, -0.15) is 0 Å². The molecule has 1 atom stereocenters. The molecule has 28 heavy (non-hydrogen) atoms. The maximum Gasteiger partial charge on any atom is 0.321 e. The fourth-order valence-electron chi connectivity index (χ4n) is 3.82. The third-order valence-corrected chi connectivity index (χ3v) is 6.04. The molecule has 2 aromatic rings. The van der Waals surface area contributed by atoms with Crippen molar-refractivity contribution in [2.75, 3.05) is 19.7 Å². The van der Waals surface area contributed by atoms with E-state index in [4.69, 9.17) is 4.74 Å². The van der Waals surface area contributed by atoms with E-state index in [1.54, 1.807) is 6.92 Å². The van der Waals surface area contributed by atoms with Crippen molar-refractivity contribution in [1.29, 1.82) is 0 Å². The first-order valence-corrected chi connectivity index (χ1v) is 10.5. The van der Waals surface area contributed by atoms with Gasteiger partial charge in [0.25, 0.3) is 0 Å². The number of aryl methyl sites for hydroxylation is 1. The quantitative estimate of drug-likeness (QED) is 0.492. The second-order valence-electron chi connectivity index (χ2n) is 7.44. The fourth-order valence-corrected chi connectivity index (χ4v) is 4.45. The molecule has 1 saturated heterocycles. The number of ether oxygens (including phenoxy) is 1. The third-order valence-electron chi connectivity index (χ3n) is 5.30. The van der Waals surface area contributed by atoms with Crippen LogP contribution in [0.4, 0.5) is 0 Å². The molecule has 1 aliphatic heterocycles. The van der Waals surface area contributed by atoms with Gasteiger partial charge in [-0.3, -0.25) is 14.5 Å². The van der Waals surface area contributed by atoms with E-state index in [1.807, 2.05) is 43.3 Å². The Kier molecular flexibility index (Phi) is 6.68. The van der Waals surface area contributed by atoms with Gasteiger partial charge in [0, 0.05) is 30.5 Å². The molecule has 1 heterocycles. The Bertz CT molecular complexity index is 852. The molecular weight excluding hydrogens is 418 g/mol. The average Bonchev–Trinajstić information content (AvgIpc) is 2.67. The predicted octanol–water partition coefficient (Wildman–Crippen LogP) is 4.32. The van der Waals surface area contributed by atoms with E-state index in [0.717, 1.165) is 15.6 Å². The van der Waals surface area contributed by atoms with E-state index in [1.165, 1.54) is 5.56 Å². The Hall–Kier alpha value is -1.98. The van der Waals surface area contributed by atoms with E-state index in [-0.39, 0.29) is 12.4 Å². The van der Waals surface area contributed by atoms with Crippen LogP contribution in [0.3, 0.4) is 0 Å². The van der Waals surface area contributed by atoms with Gasteiger partial charge in [0.1, 0.15) is 5.41 Å². The molecule has 148 valence electrons. The molecule has 0 saturated carbocycles. The lowest BCUT2D eigenvalue weighted by atomic mass is 9.73. The van der Waals surface area contributed by atoms with Gasteiger partial charge in [-0.15, -0.1) is 0 Å². The van der Waals surface area contributed by atoms with Crippen LogP contribution < -0.4 is 0 Å². The summed E-state index contributed by atoms with van der Waals surface area (Å²) in [6.45, 7) is 5.81. The third kappa shape index (κ3) is 4.53. The maximum atomic E-state index is 13.1. The molecule has 3 rings (SSSR count). The number of nitrogens with zero attached hydrogens (tertiary/aromatic N) is 1. The Labute approximate surface area is 175 Å². The van der Waals surface area contributed by atoms with Crippen LogP contribution in [0.15, 0.2) is 53.0 Å². The number of Topliss-reactive ketones (excluding diaryl/α,β-unsaturated/α-hetero) is 1. The summed E-state index contributed by atoms with van der Waals surface area (Å²) in [5, 5.41) is 0. The SMILES string of the molecule is CCOC(=O)C1(Cc2ccc(C)cc2Br)CN(Cc2ccccc2)CCC1=O. The van der Waals surface area contributed by atoms with E-state index >= 15 is 0 Å². The van der Waals surface area contributed by atoms with Crippen LogP contribution in [0.2, 0.25) is 0 Å². The number of hydrogen-bond donors (Lipinski definition) is 0. The van der Waals surface area contributed by atoms with Gasteiger partial charge in [-0.1, -0.05) is 58.4 Å². The van der Waals surface area contributed by atoms with Gasteiger partial charge in [-0.05, 0) is 43.0 Å². The summed E-state index contributed by atoms with van der Waals surface area (Å²) in [5.74, 6) is -0.437. The molecule has 1 aliphatic rings. The summed E-state index contributed by atoms with van der Waals surface area (Å²) in [7, 11) is 0.